The maximum atomic E-state index is 13.4. The molecule has 0 spiro atoms. The van der Waals surface area contributed by atoms with Crippen molar-refractivity contribution in [2.45, 2.75) is 63.5 Å². The van der Waals surface area contributed by atoms with Crippen molar-refractivity contribution in [2.24, 2.45) is 5.92 Å². The normalized spacial score (nSPS) is 19.8. The molecule has 2 aromatic heterocycles. The van der Waals surface area contributed by atoms with Gasteiger partial charge in [-0.1, -0.05) is 24.3 Å². The molecule has 2 aromatic carbocycles. The Hall–Kier alpha value is -6.52. The van der Waals surface area contributed by atoms with Gasteiger partial charge < -0.3 is 30.9 Å². The minimum atomic E-state index is -1.15. The highest BCUT2D eigenvalue weighted by atomic mass is 16.3. The van der Waals surface area contributed by atoms with Crippen molar-refractivity contribution in [1.29, 1.82) is 0 Å². The zero-order chi connectivity index (χ0) is 42.8. The fraction of sp³-hybridized carbons (Fsp3) is 0.378. The Morgan fingerprint density at radius 1 is 0.934 bits per heavy atom. The Morgan fingerprint density at radius 2 is 1.70 bits per heavy atom. The molecule has 0 bridgehead atoms. The summed E-state index contributed by atoms with van der Waals surface area (Å²) in [5.41, 5.74) is 3.10. The van der Waals surface area contributed by atoms with Gasteiger partial charge in [-0.3, -0.25) is 34.2 Å². The van der Waals surface area contributed by atoms with Crippen LogP contribution in [0.4, 0.5) is 29.0 Å². The van der Waals surface area contributed by atoms with Crippen LogP contribution in [0.5, 0.6) is 0 Å². The molecule has 0 radical (unpaired) electrons. The number of pyridine rings is 1. The van der Waals surface area contributed by atoms with Crippen molar-refractivity contribution in [3.63, 3.8) is 0 Å². The largest absolute Gasteiger partial charge is 0.384 e. The summed E-state index contributed by atoms with van der Waals surface area (Å²) in [5.74, 6) is -0.488. The van der Waals surface area contributed by atoms with Gasteiger partial charge in [0.25, 0.3) is 17.7 Å². The van der Waals surface area contributed by atoms with E-state index in [1.807, 2.05) is 18.2 Å². The quantitative estimate of drug-likeness (QED) is 0.0926. The van der Waals surface area contributed by atoms with Crippen LogP contribution in [0, 0.1) is 5.92 Å². The second-order valence-electron chi connectivity index (χ2n) is 16.6. The summed E-state index contributed by atoms with van der Waals surface area (Å²) in [6.45, 7) is 11.9. The summed E-state index contributed by atoms with van der Waals surface area (Å²) < 4.78 is 0. The van der Waals surface area contributed by atoms with Crippen LogP contribution in [0.2, 0.25) is 0 Å². The van der Waals surface area contributed by atoms with E-state index in [1.165, 1.54) is 11.8 Å². The third-order valence-electron chi connectivity index (χ3n) is 11.9. The molecule has 4 aliphatic rings. The number of imide groups is 2. The third kappa shape index (κ3) is 9.00. The van der Waals surface area contributed by atoms with Crippen molar-refractivity contribution in [3.8, 4) is 0 Å². The van der Waals surface area contributed by atoms with Crippen LogP contribution < -0.4 is 26.2 Å². The number of benzene rings is 2. The first-order valence-corrected chi connectivity index (χ1v) is 20.8. The molecule has 5 N–H and O–H groups in total. The lowest BCUT2D eigenvalue weighted by Gasteiger charge is -2.34. The van der Waals surface area contributed by atoms with Crippen LogP contribution in [-0.2, 0) is 15.2 Å². The summed E-state index contributed by atoms with van der Waals surface area (Å²) >= 11 is 0. The zero-order valence-corrected chi connectivity index (χ0v) is 34.3. The standard InChI is InChI=1S/C45H50N10O6/c1-4-19-46-40(57)34-24-47-44(52-39(34)50-37-7-5-6-36(49-37)45(2,3)61)48-30-10-8-28(9-11-30)29-17-20-53(21-18-29)25-27-16-22-54(26-27)31-12-13-32-33(23-31)43(60)55(42(32)59)35-14-15-38(56)51-41(35)58/h4-13,23-24,27,29,35,61H,1,14-22,25-26H2,2-3H3,(H,46,57)(H,51,56,58)(H2,47,48,49,50,52)/t27-,35?/m0/s1. The molecule has 316 valence electrons. The number of likely N-dealkylation sites (tertiary alicyclic amines) is 1. The van der Waals surface area contributed by atoms with E-state index in [0.717, 1.165) is 68.3 Å². The second-order valence-corrected chi connectivity index (χ2v) is 16.6. The first kappa shape index (κ1) is 41.2. The van der Waals surface area contributed by atoms with Crippen LogP contribution in [-0.4, -0.2) is 105 Å². The number of carbonyl (C=O) groups is 5. The fourth-order valence-corrected chi connectivity index (χ4v) is 8.58. The van der Waals surface area contributed by atoms with Gasteiger partial charge in [0.1, 0.15) is 28.8 Å². The minimum absolute atomic E-state index is 0.0871. The summed E-state index contributed by atoms with van der Waals surface area (Å²) in [4.78, 5) is 83.0. The van der Waals surface area contributed by atoms with Gasteiger partial charge in [-0.15, -0.1) is 6.58 Å². The SMILES string of the molecule is C=CCNC(=O)c1cnc(Nc2ccc(C3CCN(C[C@@H]4CCN(c5ccc6c(c5)C(=O)N(C5CCC(=O)NC5=O)C6=O)C4)CC3)cc2)nc1Nc1cccc(C(C)(C)O)n1. The van der Waals surface area contributed by atoms with E-state index in [0.29, 0.717) is 40.4 Å². The van der Waals surface area contributed by atoms with Gasteiger partial charge in [0.2, 0.25) is 17.8 Å². The number of aromatic nitrogens is 3. The summed E-state index contributed by atoms with van der Waals surface area (Å²) in [6, 6.07) is 17.9. The molecule has 1 unspecified atom stereocenters. The second kappa shape index (κ2) is 17.2. The highest BCUT2D eigenvalue weighted by Gasteiger charge is 2.45. The molecule has 5 amide bonds. The number of nitrogens with one attached hydrogen (secondary N) is 4. The van der Waals surface area contributed by atoms with E-state index in [1.54, 1.807) is 50.3 Å². The molecule has 3 fully saturated rings. The van der Waals surface area contributed by atoms with Gasteiger partial charge in [-0.2, -0.15) is 4.98 Å². The predicted octanol–water partition coefficient (Wildman–Crippen LogP) is 4.61. The molecule has 3 saturated heterocycles. The predicted molar refractivity (Wildman–Crippen MR) is 229 cm³/mol. The van der Waals surface area contributed by atoms with E-state index in [9.17, 15) is 29.1 Å². The van der Waals surface area contributed by atoms with Crippen molar-refractivity contribution in [3.05, 3.63) is 107 Å². The van der Waals surface area contributed by atoms with Crippen LogP contribution in [0.15, 0.2) is 79.5 Å². The first-order chi connectivity index (χ1) is 29.3. The topological polar surface area (TPSA) is 202 Å². The lowest BCUT2D eigenvalue weighted by molar-refractivity contribution is -0.136. The number of anilines is 5. The van der Waals surface area contributed by atoms with Gasteiger partial charge in [-0.25, -0.2) is 9.97 Å². The van der Waals surface area contributed by atoms with E-state index >= 15 is 0 Å². The van der Waals surface area contributed by atoms with Crippen molar-refractivity contribution >= 4 is 58.5 Å². The Labute approximate surface area is 353 Å². The number of fused-ring (bicyclic) bond motifs is 1. The molecule has 16 nitrogen and oxygen atoms in total. The van der Waals surface area contributed by atoms with Gasteiger partial charge in [0.05, 0.1) is 16.8 Å². The monoisotopic (exact) mass is 826 g/mol. The molecule has 0 aliphatic carbocycles. The number of carbonyl (C=O) groups excluding carboxylic acids is 5. The maximum Gasteiger partial charge on any atom is 0.262 e. The third-order valence-corrected chi connectivity index (χ3v) is 11.9. The molecule has 61 heavy (non-hydrogen) atoms. The first-order valence-electron chi connectivity index (χ1n) is 20.8. The summed E-state index contributed by atoms with van der Waals surface area (Å²) in [5, 5.41) is 21.9. The number of nitrogens with zero attached hydrogens (tertiary/aromatic N) is 6. The lowest BCUT2D eigenvalue weighted by atomic mass is 9.89. The van der Waals surface area contributed by atoms with Gasteiger partial charge in [0, 0.05) is 50.2 Å². The van der Waals surface area contributed by atoms with Crippen LogP contribution in [0.1, 0.15) is 94.2 Å². The Balaban J connectivity index is 0.843. The van der Waals surface area contributed by atoms with E-state index in [4.69, 9.17) is 0 Å². The van der Waals surface area contributed by atoms with Gasteiger partial charge in [0.15, 0.2) is 0 Å². The Morgan fingerprint density at radius 3 is 2.44 bits per heavy atom. The van der Waals surface area contributed by atoms with E-state index in [2.05, 4.69) is 64.7 Å². The minimum Gasteiger partial charge on any atom is -0.384 e. The number of piperidine rings is 2. The maximum absolute atomic E-state index is 13.4. The van der Waals surface area contributed by atoms with Crippen LogP contribution >= 0.6 is 0 Å². The summed E-state index contributed by atoms with van der Waals surface area (Å²) in [6.07, 6.45) is 6.38. The van der Waals surface area contributed by atoms with Crippen molar-refractivity contribution in [1.82, 2.24) is 35.4 Å². The molecule has 16 heteroatoms. The van der Waals surface area contributed by atoms with E-state index in [-0.39, 0.29) is 36.7 Å². The number of amides is 5. The van der Waals surface area contributed by atoms with E-state index < -0.39 is 35.3 Å². The van der Waals surface area contributed by atoms with Crippen LogP contribution in [0.3, 0.4) is 0 Å². The molecule has 2 atom stereocenters. The molecular weight excluding hydrogens is 777 g/mol. The average Bonchev–Trinajstić information content (AvgIpc) is 3.81. The average molecular weight is 827 g/mol. The number of aliphatic hydroxyl groups is 1. The van der Waals surface area contributed by atoms with Crippen LogP contribution in [0.25, 0.3) is 0 Å². The smallest absolute Gasteiger partial charge is 0.262 e. The number of hydrogen-bond donors (Lipinski definition) is 5. The highest BCUT2D eigenvalue weighted by Crippen LogP contribution is 2.34. The van der Waals surface area contributed by atoms with Gasteiger partial charge in [-0.05, 0) is 112 Å². The van der Waals surface area contributed by atoms with Crippen molar-refractivity contribution in [2.75, 3.05) is 54.8 Å². The molecular formula is C45H50N10O6. The molecule has 4 aliphatic heterocycles. The van der Waals surface area contributed by atoms with Gasteiger partial charge >= 0.3 is 0 Å². The fourth-order valence-electron chi connectivity index (χ4n) is 8.58. The molecule has 8 rings (SSSR count). The highest BCUT2D eigenvalue weighted by molar-refractivity contribution is 6.23. The lowest BCUT2D eigenvalue weighted by Crippen LogP contribution is -2.54. The number of rotatable bonds is 13. The number of hydrogen-bond acceptors (Lipinski definition) is 13. The Bertz CT molecular complexity index is 2370. The molecule has 4 aromatic rings. The molecule has 6 heterocycles. The molecule has 0 saturated carbocycles. The Kier molecular flexibility index (Phi) is 11.6. The summed E-state index contributed by atoms with van der Waals surface area (Å²) in [7, 11) is 0. The van der Waals surface area contributed by atoms with Crippen molar-refractivity contribution < 1.29 is 29.1 Å². The zero-order valence-electron chi connectivity index (χ0n) is 34.3.